The zero-order chi connectivity index (χ0) is 22.9. The molecule has 2 aromatic rings. The molecule has 0 fully saturated rings. The van der Waals surface area contributed by atoms with Crippen LogP contribution in [0.25, 0.3) is 0 Å². The van der Waals surface area contributed by atoms with E-state index >= 15 is 0 Å². The molecule has 7 heteroatoms. The summed E-state index contributed by atoms with van der Waals surface area (Å²) in [6, 6.07) is 9.86. The van der Waals surface area contributed by atoms with E-state index in [2.05, 4.69) is 0 Å². The van der Waals surface area contributed by atoms with Crippen molar-refractivity contribution in [1.29, 1.82) is 0 Å². The van der Waals surface area contributed by atoms with E-state index in [1.165, 1.54) is 26.2 Å². The van der Waals surface area contributed by atoms with Crippen molar-refractivity contribution < 1.29 is 28.9 Å². The molecule has 0 spiro atoms. The Morgan fingerprint density at radius 2 is 1.65 bits per heavy atom. The van der Waals surface area contributed by atoms with E-state index in [0.29, 0.717) is 28.5 Å². The van der Waals surface area contributed by atoms with Crippen molar-refractivity contribution in [1.82, 2.24) is 0 Å². The number of carbonyl (C=O) groups is 2. The summed E-state index contributed by atoms with van der Waals surface area (Å²) in [6.07, 6.45) is 0. The molecule has 1 aliphatic heterocycles. The number of carbonyl (C=O) groups excluding carboxylic acids is 2. The number of ketones is 1. The number of nitrogens with zero attached hydrogens (tertiary/aromatic N) is 1. The minimum Gasteiger partial charge on any atom is -0.503 e. The van der Waals surface area contributed by atoms with Crippen LogP contribution in [0.1, 0.15) is 31.0 Å². The fourth-order valence-corrected chi connectivity index (χ4v) is 3.79. The van der Waals surface area contributed by atoms with Gasteiger partial charge in [0, 0.05) is 11.6 Å². The highest BCUT2D eigenvalue weighted by Gasteiger charge is 2.45. The predicted molar refractivity (Wildman–Crippen MR) is 117 cm³/mol. The van der Waals surface area contributed by atoms with Crippen molar-refractivity contribution in [2.75, 3.05) is 26.2 Å². The molecule has 3 rings (SSSR count). The summed E-state index contributed by atoms with van der Waals surface area (Å²) in [6.45, 7) is 5.37. The molecule has 0 saturated heterocycles. The van der Waals surface area contributed by atoms with E-state index in [-0.39, 0.29) is 11.4 Å². The van der Waals surface area contributed by atoms with E-state index in [9.17, 15) is 14.7 Å². The van der Waals surface area contributed by atoms with Crippen LogP contribution in [0.3, 0.4) is 0 Å². The maximum atomic E-state index is 13.1. The Bertz CT molecular complexity index is 1030. The number of ether oxygens (including phenoxy) is 3. The SMILES string of the molecule is COc1cc(C2C(C(=O)C(C)C)=C(O)C(=O)N2c2cccc(C)c2)cc(OC)c1OC. The third kappa shape index (κ3) is 3.83. The first-order valence-electron chi connectivity index (χ1n) is 9.92. The number of hydrogen-bond donors (Lipinski definition) is 1. The lowest BCUT2D eigenvalue weighted by atomic mass is 9.90. The van der Waals surface area contributed by atoms with Crippen LogP contribution in [-0.2, 0) is 9.59 Å². The number of aliphatic hydroxyl groups is 1. The van der Waals surface area contributed by atoms with Crippen molar-refractivity contribution in [3.8, 4) is 17.2 Å². The number of rotatable bonds is 7. The van der Waals surface area contributed by atoms with Gasteiger partial charge in [-0.25, -0.2) is 0 Å². The molecule has 0 aliphatic carbocycles. The molecule has 0 bridgehead atoms. The Hall–Kier alpha value is -3.48. The predicted octanol–water partition coefficient (Wildman–Crippen LogP) is 4.15. The van der Waals surface area contributed by atoms with Crippen molar-refractivity contribution in [3.05, 3.63) is 58.9 Å². The Labute approximate surface area is 181 Å². The lowest BCUT2D eigenvalue weighted by Gasteiger charge is -2.28. The first kappa shape index (κ1) is 22.2. The van der Waals surface area contributed by atoms with Crippen LogP contribution < -0.4 is 19.1 Å². The van der Waals surface area contributed by atoms with Gasteiger partial charge in [0.25, 0.3) is 5.91 Å². The van der Waals surface area contributed by atoms with Crippen molar-refractivity contribution >= 4 is 17.4 Å². The van der Waals surface area contributed by atoms with Gasteiger partial charge in [-0.2, -0.15) is 0 Å². The number of Topliss-reactive ketones (excluding diaryl/α,β-unsaturated/α-hetero) is 1. The first-order chi connectivity index (χ1) is 14.7. The number of aryl methyl sites for hydroxylation is 1. The average molecular weight is 425 g/mol. The molecule has 164 valence electrons. The summed E-state index contributed by atoms with van der Waals surface area (Å²) < 4.78 is 16.3. The number of methoxy groups -OCH3 is 3. The van der Waals surface area contributed by atoms with Crippen LogP contribution in [-0.4, -0.2) is 38.1 Å². The molecule has 1 N–H and O–H groups in total. The van der Waals surface area contributed by atoms with E-state index in [1.807, 2.05) is 25.1 Å². The van der Waals surface area contributed by atoms with Gasteiger partial charge in [0.1, 0.15) is 0 Å². The molecule has 1 heterocycles. The quantitative estimate of drug-likeness (QED) is 0.717. The maximum absolute atomic E-state index is 13.1. The molecule has 0 saturated carbocycles. The summed E-state index contributed by atoms with van der Waals surface area (Å²) in [7, 11) is 4.48. The topological polar surface area (TPSA) is 85.3 Å². The second kappa shape index (κ2) is 8.71. The van der Waals surface area contributed by atoms with E-state index in [0.717, 1.165) is 5.56 Å². The Balaban J connectivity index is 2.29. The Morgan fingerprint density at radius 3 is 2.13 bits per heavy atom. The van der Waals surface area contributed by atoms with E-state index in [1.54, 1.807) is 32.0 Å². The van der Waals surface area contributed by atoms with Gasteiger partial charge in [-0.05, 0) is 42.3 Å². The molecular weight excluding hydrogens is 398 g/mol. The lowest BCUT2D eigenvalue weighted by Crippen LogP contribution is -2.31. The molecule has 1 atom stereocenters. The highest BCUT2D eigenvalue weighted by atomic mass is 16.5. The van der Waals surface area contributed by atoms with Crippen molar-refractivity contribution in [3.63, 3.8) is 0 Å². The fraction of sp³-hybridized carbons (Fsp3) is 0.333. The summed E-state index contributed by atoms with van der Waals surface area (Å²) >= 11 is 0. The molecule has 0 radical (unpaired) electrons. The number of anilines is 1. The number of hydrogen-bond acceptors (Lipinski definition) is 6. The van der Waals surface area contributed by atoms with Gasteiger partial charge >= 0.3 is 0 Å². The monoisotopic (exact) mass is 425 g/mol. The number of aliphatic hydroxyl groups excluding tert-OH is 1. The summed E-state index contributed by atoms with van der Waals surface area (Å²) in [5.74, 6) is -0.725. The van der Waals surface area contributed by atoms with Crippen LogP contribution in [0.5, 0.6) is 17.2 Å². The van der Waals surface area contributed by atoms with Crippen LogP contribution in [0.2, 0.25) is 0 Å². The summed E-state index contributed by atoms with van der Waals surface area (Å²) in [4.78, 5) is 27.7. The highest BCUT2D eigenvalue weighted by Crippen LogP contribution is 2.46. The first-order valence-corrected chi connectivity index (χ1v) is 9.92. The van der Waals surface area contributed by atoms with Gasteiger partial charge in [-0.1, -0.05) is 26.0 Å². The van der Waals surface area contributed by atoms with Crippen LogP contribution in [0.4, 0.5) is 5.69 Å². The van der Waals surface area contributed by atoms with E-state index < -0.39 is 23.6 Å². The summed E-state index contributed by atoms with van der Waals surface area (Å²) in [5, 5.41) is 10.7. The Morgan fingerprint density at radius 1 is 1.03 bits per heavy atom. The normalized spacial score (nSPS) is 16.2. The molecule has 0 aromatic heterocycles. The van der Waals surface area contributed by atoms with Gasteiger partial charge in [0.2, 0.25) is 5.75 Å². The van der Waals surface area contributed by atoms with Crippen LogP contribution in [0, 0.1) is 12.8 Å². The minimum atomic E-state index is -0.849. The largest absolute Gasteiger partial charge is 0.503 e. The second-order valence-corrected chi connectivity index (χ2v) is 7.66. The van der Waals surface area contributed by atoms with Gasteiger partial charge in [0.15, 0.2) is 23.0 Å². The lowest BCUT2D eigenvalue weighted by molar-refractivity contribution is -0.119. The van der Waals surface area contributed by atoms with Crippen molar-refractivity contribution in [2.45, 2.75) is 26.8 Å². The zero-order valence-electron chi connectivity index (χ0n) is 18.6. The molecule has 2 aromatic carbocycles. The van der Waals surface area contributed by atoms with Crippen LogP contribution in [0.15, 0.2) is 47.7 Å². The Kier molecular flexibility index (Phi) is 6.24. The third-order valence-electron chi connectivity index (χ3n) is 5.28. The standard InChI is InChI=1S/C24H27NO6/c1-13(2)21(26)19-20(15-11-17(29-4)23(31-6)18(12-15)30-5)25(24(28)22(19)27)16-9-7-8-14(3)10-16/h7-13,20,27H,1-6H3. The van der Waals surface area contributed by atoms with Crippen molar-refractivity contribution in [2.24, 2.45) is 5.92 Å². The molecule has 1 aliphatic rings. The third-order valence-corrected chi connectivity index (χ3v) is 5.28. The zero-order valence-corrected chi connectivity index (χ0v) is 18.6. The number of amides is 1. The maximum Gasteiger partial charge on any atom is 0.294 e. The highest BCUT2D eigenvalue weighted by molar-refractivity contribution is 6.16. The van der Waals surface area contributed by atoms with Gasteiger partial charge < -0.3 is 19.3 Å². The molecule has 1 unspecified atom stereocenters. The minimum absolute atomic E-state index is 0.0516. The van der Waals surface area contributed by atoms with Crippen LogP contribution >= 0.6 is 0 Å². The molecular formula is C24H27NO6. The second-order valence-electron chi connectivity index (χ2n) is 7.66. The molecule has 1 amide bonds. The smallest absolute Gasteiger partial charge is 0.294 e. The van der Waals surface area contributed by atoms with E-state index in [4.69, 9.17) is 14.2 Å². The van der Waals surface area contributed by atoms with Gasteiger partial charge in [0.05, 0.1) is 32.9 Å². The van der Waals surface area contributed by atoms with Gasteiger partial charge in [-0.15, -0.1) is 0 Å². The molecule has 7 nitrogen and oxygen atoms in total. The average Bonchev–Trinajstić information content (AvgIpc) is 3.02. The summed E-state index contributed by atoms with van der Waals surface area (Å²) in [5.41, 5.74) is 2.12. The fourth-order valence-electron chi connectivity index (χ4n) is 3.79. The number of benzene rings is 2. The van der Waals surface area contributed by atoms with Gasteiger partial charge in [-0.3, -0.25) is 14.5 Å². The molecule has 31 heavy (non-hydrogen) atoms.